The second-order valence-corrected chi connectivity index (χ2v) is 7.83. The quantitative estimate of drug-likeness (QED) is 0.749. The summed E-state index contributed by atoms with van der Waals surface area (Å²) in [4.78, 5) is 26.4. The zero-order valence-electron chi connectivity index (χ0n) is 15.5. The number of nitrogens with zero attached hydrogens (tertiary/aromatic N) is 2. The van der Waals surface area contributed by atoms with Gasteiger partial charge in [0, 0.05) is 5.69 Å². The Morgan fingerprint density at radius 1 is 1.26 bits per heavy atom. The minimum absolute atomic E-state index is 0.0222. The van der Waals surface area contributed by atoms with Crippen molar-refractivity contribution in [1.82, 2.24) is 10.2 Å². The fourth-order valence-corrected chi connectivity index (χ4v) is 3.40. The van der Waals surface area contributed by atoms with Gasteiger partial charge in [-0.2, -0.15) is 5.26 Å². The highest BCUT2D eigenvalue weighted by atomic mass is 35.5. The molecule has 0 bridgehead atoms. The lowest BCUT2D eigenvalue weighted by Gasteiger charge is -2.34. The molecule has 0 heterocycles. The maximum Gasteiger partial charge on any atom is 0.238 e. The van der Waals surface area contributed by atoms with Crippen LogP contribution in [0.25, 0.3) is 0 Å². The second-order valence-electron chi connectivity index (χ2n) is 7.01. The minimum atomic E-state index is -0.785. The molecule has 2 amide bonds. The number of nitrogens with one attached hydrogen (secondary N) is 2. The molecule has 1 aliphatic carbocycles. The maximum absolute atomic E-state index is 12.6. The fourth-order valence-electron chi connectivity index (χ4n) is 3.10. The minimum Gasteiger partial charge on any atom is -0.336 e. The van der Waals surface area contributed by atoms with Crippen LogP contribution in [0.4, 0.5) is 5.69 Å². The third-order valence-electron chi connectivity index (χ3n) is 4.92. The van der Waals surface area contributed by atoms with Gasteiger partial charge in [0.2, 0.25) is 11.8 Å². The average molecular weight is 411 g/mol. The van der Waals surface area contributed by atoms with Gasteiger partial charge in [0.15, 0.2) is 0 Å². The Morgan fingerprint density at radius 3 is 2.52 bits per heavy atom. The van der Waals surface area contributed by atoms with Crippen molar-refractivity contribution in [2.75, 3.05) is 18.9 Å². The van der Waals surface area contributed by atoms with Crippen LogP contribution in [-0.4, -0.2) is 41.9 Å². The highest BCUT2D eigenvalue weighted by Gasteiger charge is 2.35. The van der Waals surface area contributed by atoms with E-state index in [0.29, 0.717) is 28.6 Å². The molecule has 1 atom stereocenters. The summed E-state index contributed by atoms with van der Waals surface area (Å²) < 4.78 is 0. The number of hydrogen-bond donors (Lipinski definition) is 2. The van der Waals surface area contributed by atoms with E-state index in [4.69, 9.17) is 23.2 Å². The Bertz CT molecular complexity index is 742. The topological polar surface area (TPSA) is 85.2 Å². The lowest BCUT2D eigenvalue weighted by Crippen LogP contribution is -2.55. The van der Waals surface area contributed by atoms with Crippen molar-refractivity contribution in [2.24, 2.45) is 0 Å². The highest BCUT2D eigenvalue weighted by molar-refractivity contribution is 6.42. The molecule has 8 heteroatoms. The van der Waals surface area contributed by atoms with Crippen LogP contribution in [0, 0.1) is 11.3 Å². The number of benzene rings is 1. The molecule has 1 saturated carbocycles. The molecule has 2 rings (SSSR count). The largest absolute Gasteiger partial charge is 0.336 e. The molecule has 0 aromatic heterocycles. The molecule has 146 valence electrons. The molecule has 1 aromatic rings. The van der Waals surface area contributed by atoms with E-state index in [9.17, 15) is 14.9 Å². The number of rotatable bonds is 6. The first-order chi connectivity index (χ1) is 12.8. The van der Waals surface area contributed by atoms with Crippen LogP contribution in [0.2, 0.25) is 10.0 Å². The standard InChI is InChI=1S/C19H24Cl2N4O2/c1-13(18(27)24-19(12-22)8-4-3-5-9-19)25(2)11-17(26)23-14-6-7-15(20)16(21)10-14/h6-7,10,13H,3-5,8-9,11H2,1-2H3,(H,23,26)(H,24,27)/t13-/m0/s1. The van der Waals surface area contributed by atoms with E-state index in [-0.39, 0.29) is 18.4 Å². The van der Waals surface area contributed by atoms with Gasteiger partial charge in [-0.15, -0.1) is 0 Å². The van der Waals surface area contributed by atoms with E-state index in [1.165, 1.54) is 0 Å². The number of hydrogen-bond acceptors (Lipinski definition) is 4. The van der Waals surface area contributed by atoms with E-state index >= 15 is 0 Å². The van der Waals surface area contributed by atoms with Gasteiger partial charge in [-0.3, -0.25) is 14.5 Å². The van der Waals surface area contributed by atoms with Crippen molar-refractivity contribution >= 4 is 40.7 Å². The summed E-state index contributed by atoms with van der Waals surface area (Å²) in [5.74, 6) is -0.522. The number of carbonyl (C=O) groups is 2. The average Bonchev–Trinajstić information content (AvgIpc) is 2.64. The normalized spacial score (nSPS) is 17.0. The SMILES string of the molecule is C[C@@H](C(=O)NC1(C#N)CCCCC1)N(C)CC(=O)Nc1ccc(Cl)c(Cl)c1. The Hall–Kier alpha value is -1.81. The maximum atomic E-state index is 12.6. The van der Waals surface area contributed by atoms with Crippen molar-refractivity contribution in [3.05, 3.63) is 28.2 Å². The van der Waals surface area contributed by atoms with Gasteiger partial charge in [0.05, 0.1) is 28.7 Å². The van der Waals surface area contributed by atoms with E-state index in [0.717, 1.165) is 19.3 Å². The molecule has 1 aromatic carbocycles. The molecule has 0 saturated heterocycles. The Balaban J connectivity index is 1.90. The van der Waals surface area contributed by atoms with Crippen LogP contribution in [0.15, 0.2) is 18.2 Å². The van der Waals surface area contributed by atoms with Crippen molar-refractivity contribution in [3.63, 3.8) is 0 Å². The molecule has 1 aliphatic rings. The van der Waals surface area contributed by atoms with Crippen LogP contribution >= 0.6 is 23.2 Å². The zero-order valence-corrected chi connectivity index (χ0v) is 17.0. The van der Waals surface area contributed by atoms with Crippen LogP contribution in [0.1, 0.15) is 39.0 Å². The summed E-state index contributed by atoms with van der Waals surface area (Å²) in [6.07, 6.45) is 4.30. The predicted octanol–water partition coefficient (Wildman–Crippen LogP) is 3.59. The monoisotopic (exact) mass is 410 g/mol. The van der Waals surface area contributed by atoms with Gasteiger partial charge in [-0.1, -0.05) is 42.5 Å². The van der Waals surface area contributed by atoms with Gasteiger partial charge in [0.25, 0.3) is 0 Å². The lowest BCUT2D eigenvalue weighted by molar-refractivity contribution is -0.128. The van der Waals surface area contributed by atoms with Crippen LogP contribution in [0.5, 0.6) is 0 Å². The third-order valence-corrected chi connectivity index (χ3v) is 5.66. The first-order valence-corrected chi connectivity index (χ1v) is 9.70. The van der Waals surface area contributed by atoms with Gasteiger partial charge in [-0.05, 0) is 45.0 Å². The van der Waals surface area contributed by atoms with Crippen molar-refractivity contribution in [1.29, 1.82) is 5.26 Å². The summed E-state index contributed by atoms with van der Waals surface area (Å²) >= 11 is 11.8. The van der Waals surface area contributed by atoms with Crippen molar-refractivity contribution in [2.45, 2.75) is 50.6 Å². The molecule has 1 fully saturated rings. The van der Waals surface area contributed by atoms with Crippen molar-refractivity contribution < 1.29 is 9.59 Å². The highest BCUT2D eigenvalue weighted by Crippen LogP contribution is 2.28. The fraction of sp³-hybridized carbons (Fsp3) is 0.526. The summed E-state index contributed by atoms with van der Waals surface area (Å²) in [6.45, 7) is 1.74. The molecule has 2 N–H and O–H groups in total. The van der Waals surface area contributed by atoms with Crippen molar-refractivity contribution in [3.8, 4) is 6.07 Å². The van der Waals surface area contributed by atoms with Gasteiger partial charge >= 0.3 is 0 Å². The molecular formula is C19H24Cl2N4O2. The Morgan fingerprint density at radius 2 is 1.93 bits per heavy atom. The first-order valence-electron chi connectivity index (χ1n) is 8.95. The van der Waals surface area contributed by atoms with Gasteiger partial charge < -0.3 is 10.6 Å². The molecular weight excluding hydrogens is 387 g/mol. The lowest BCUT2D eigenvalue weighted by atomic mass is 9.82. The van der Waals surface area contributed by atoms with E-state index in [1.54, 1.807) is 37.1 Å². The van der Waals surface area contributed by atoms with Gasteiger partial charge in [0.1, 0.15) is 5.54 Å². The smallest absolute Gasteiger partial charge is 0.238 e. The predicted molar refractivity (Wildman–Crippen MR) is 107 cm³/mol. The molecule has 6 nitrogen and oxygen atoms in total. The second kappa shape index (κ2) is 9.41. The number of amides is 2. The third kappa shape index (κ3) is 5.83. The molecule has 27 heavy (non-hydrogen) atoms. The van der Waals surface area contributed by atoms with Gasteiger partial charge in [-0.25, -0.2) is 0 Å². The summed E-state index contributed by atoms with van der Waals surface area (Å²) in [5, 5.41) is 15.9. The van der Waals surface area contributed by atoms with Crippen LogP contribution in [0.3, 0.4) is 0 Å². The Labute approximate surface area is 169 Å². The Kier molecular flexibility index (Phi) is 7.49. The molecule has 0 unspecified atom stereocenters. The number of halogens is 2. The van der Waals surface area contributed by atoms with E-state index in [1.807, 2.05) is 0 Å². The number of anilines is 1. The molecule has 0 aliphatic heterocycles. The van der Waals surface area contributed by atoms with E-state index in [2.05, 4.69) is 16.7 Å². The first kappa shape index (κ1) is 21.5. The zero-order chi connectivity index (χ0) is 20.0. The van der Waals surface area contributed by atoms with Crippen LogP contribution in [-0.2, 0) is 9.59 Å². The summed E-state index contributed by atoms with van der Waals surface area (Å²) in [6, 6.07) is 6.55. The summed E-state index contributed by atoms with van der Waals surface area (Å²) in [5.41, 5.74) is -0.252. The number of carbonyl (C=O) groups excluding carboxylic acids is 2. The molecule has 0 radical (unpaired) electrons. The van der Waals surface area contributed by atoms with E-state index < -0.39 is 11.6 Å². The summed E-state index contributed by atoms with van der Waals surface area (Å²) in [7, 11) is 1.69. The number of nitriles is 1. The van der Waals surface area contributed by atoms with Crippen LogP contribution < -0.4 is 10.6 Å². The number of likely N-dealkylation sites (N-methyl/N-ethyl adjacent to an activating group) is 1. The molecule has 0 spiro atoms.